The summed E-state index contributed by atoms with van der Waals surface area (Å²) < 4.78 is 13.4. The molecule has 0 unspecified atom stereocenters. The van der Waals surface area contributed by atoms with Crippen molar-refractivity contribution in [2.75, 3.05) is 26.2 Å². The minimum Gasteiger partial charge on any atom is -0.352 e. The maximum Gasteiger partial charge on any atom is 0.317 e. The van der Waals surface area contributed by atoms with Gasteiger partial charge in [0.2, 0.25) is 0 Å². The Labute approximate surface area is 124 Å². The first-order valence-electron chi connectivity index (χ1n) is 7.15. The molecule has 0 heterocycles. The van der Waals surface area contributed by atoms with Gasteiger partial charge in [-0.25, -0.2) is 9.18 Å². The molecule has 0 spiro atoms. The van der Waals surface area contributed by atoms with Crippen LogP contribution in [0.5, 0.6) is 0 Å². The van der Waals surface area contributed by atoms with Crippen LogP contribution in [0.25, 0.3) is 0 Å². The third-order valence-electron chi connectivity index (χ3n) is 3.08. The highest BCUT2D eigenvalue weighted by molar-refractivity contribution is 5.94. The number of rotatable bonds is 7. The number of carbonyl (C=O) groups is 2. The predicted octanol–water partition coefficient (Wildman–Crippen LogP) is 2.00. The van der Waals surface area contributed by atoms with Gasteiger partial charge in [-0.1, -0.05) is 12.1 Å². The standard InChI is InChI=1S/C15H22FN3O2/c1-3-19(4-2)15(21)18-11-7-10-17-14(20)12-8-5-6-9-13(12)16/h5-6,8-9H,3-4,7,10-11H2,1-2H3,(H,17,20)(H,18,21). The number of benzene rings is 1. The smallest absolute Gasteiger partial charge is 0.317 e. The molecule has 1 aromatic carbocycles. The van der Waals surface area contributed by atoms with Crippen molar-refractivity contribution >= 4 is 11.9 Å². The lowest BCUT2D eigenvalue weighted by atomic mass is 10.2. The van der Waals surface area contributed by atoms with E-state index in [1.807, 2.05) is 13.8 Å². The van der Waals surface area contributed by atoms with Crippen LogP contribution in [0.1, 0.15) is 30.6 Å². The fraction of sp³-hybridized carbons (Fsp3) is 0.467. The molecule has 6 heteroatoms. The Morgan fingerprint density at radius 3 is 2.33 bits per heavy atom. The van der Waals surface area contributed by atoms with Crippen LogP contribution in [0.15, 0.2) is 24.3 Å². The second kappa shape index (κ2) is 8.94. The normalized spacial score (nSPS) is 10.0. The third kappa shape index (κ3) is 5.41. The number of hydrogen-bond donors (Lipinski definition) is 2. The second-order valence-corrected chi connectivity index (χ2v) is 4.49. The van der Waals surface area contributed by atoms with Crippen molar-refractivity contribution in [1.82, 2.24) is 15.5 Å². The van der Waals surface area contributed by atoms with Crippen molar-refractivity contribution in [3.63, 3.8) is 0 Å². The van der Waals surface area contributed by atoms with Gasteiger partial charge in [-0.2, -0.15) is 0 Å². The van der Waals surface area contributed by atoms with Crippen LogP contribution in [0, 0.1) is 5.82 Å². The maximum atomic E-state index is 13.4. The number of halogens is 1. The molecule has 5 nitrogen and oxygen atoms in total. The fourth-order valence-corrected chi connectivity index (χ4v) is 1.85. The molecule has 116 valence electrons. The summed E-state index contributed by atoms with van der Waals surface area (Å²) in [6.07, 6.45) is 0.590. The van der Waals surface area contributed by atoms with Crippen LogP contribution < -0.4 is 10.6 Å². The first-order chi connectivity index (χ1) is 10.1. The molecule has 0 atom stereocenters. The van der Waals surface area contributed by atoms with Crippen molar-refractivity contribution in [1.29, 1.82) is 0 Å². The van der Waals surface area contributed by atoms with Gasteiger partial charge < -0.3 is 15.5 Å². The van der Waals surface area contributed by atoms with Gasteiger partial charge in [0.1, 0.15) is 5.82 Å². The average Bonchev–Trinajstić information content (AvgIpc) is 2.48. The number of nitrogens with one attached hydrogen (secondary N) is 2. The number of urea groups is 1. The summed E-state index contributed by atoms with van der Waals surface area (Å²) in [5.74, 6) is -0.979. The minimum absolute atomic E-state index is 0.0321. The summed E-state index contributed by atoms with van der Waals surface area (Å²) in [5, 5.41) is 5.40. The van der Waals surface area contributed by atoms with Crippen LogP contribution in [0.2, 0.25) is 0 Å². The second-order valence-electron chi connectivity index (χ2n) is 4.49. The first-order valence-corrected chi connectivity index (χ1v) is 7.15. The van der Waals surface area contributed by atoms with Gasteiger partial charge in [-0.05, 0) is 32.4 Å². The molecule has 21 heavy (non-hydrogen) atoms. The van der Waals surface area contributed by atoms with Crippen molar-refractivity contribution in [3.8, 4) is 0 Å². The van der Waals surface area contributed by atoms with Crippen LogP contribution in [0.3, 0.4) is 0 Å². The molecule has 0 bridgehead atoms. The molecule has 3 amide bonds. The molecule has 0 aliphatic carbocycles. The average molecular weight is 295 g/mol. The first kappa shape index (κ1) is 16.9. The van der Waals surface area contributed by atoms with Crippen molar-refractivity contribution < 1.29 is 14.0 Å². The molecule has 1 rings (SSSR count). The molecule has 2 N–H and O–H groups in total. The Morgan fingerprint density at radius 1 is 1.10 bits per heavy atom. The summed E-state index contributed by atoms with van der Waals surface area (Å²) in [5.41, 5.74) is 0.0321. The van der Waals surface area contributed by atoms with Crippen LogP contribution in [-0.2, 0) is 0 Å². The number of hydrogen-bond acceptors (Lipinski definition) is 2. The summed E-state index contributed by atoms with van der Waals surface area (Å²) in [6, 6.07) is 5.73. The van der Waals surface area contributed by atoms with E-state index in [1.165, 1.54) is 18.2 Å². The molecule has 0 radical (unpaired) electrons. The molecule has 0 saturated heterocycles. The third-order valence-corrected chi connectivity index (χ3v) is 3.08. The minimum atomic E-state index is -0.537. The van der Waals surface area contributed by atoms with Crippen molar-refractivity contribution in [3.05, 3.63) is 35.6 Å². The predicted molar refractivity (Wildman–Crippen MR) is 79.7 cm³/mol. The Balaban J connectivity index is 2.24. The van der Waals surface area contributed by atoms with E-state index in [4.69, 9.17) is 0 Å². The lowest BCUT2D eigenvalue weighted by Crippen LogP contribution is -2.40. The van der Waals surface area contributed by atoms with Crippen LogP contribution in [-0.4, -0.2) is 43.0 Å². The van der Waals surface area contributed by atoms with E-state index in [9.17, 15) is 14.0 Å². The highest BCUT2D eigenvalue weighted by Crippen LogP contribution is 2.05. The van der Waals surface area contributed by atoms with E-state index in [0.717, 1.165) is 0 Å². The van der Waals surface area contributed by atoms with Gasteiger partial charge in [0.15, 0.2) is 0 Å². The highest BCUT2D eigenvalue weighted by atomic mass is 19.1. The largest absolute Gasteiger partial charge is 0.352 e. The lowest BCUT2D eigenvalue weighted by Gasteiger charge is -2.19. The molecule has 0 aliphatic rings. The zero-order valence-electron chi connectivity index (χ0n) is 12.5. The number of amides is 3. The molecular formula is C15H22FN3O2. The Kier molecular flexibility index (Phi) is 7.21. The van der Waals surface area contributed by atoms with E-state index in [0.29, 0.717) is 32.6 Å². The molecule has 0 saturated carbocycles. The monoisotopic (exact) mass is 295 g/mol. The fourth-order valence-electron chi connectivity index (χ4n) is 1.85. The van der Waals surface area contributed by atoms with Gasteiger partial charge in [-0.3, -0.25) is 4.79 Å². The topological polar surface area (TPSA) is 61.4 Å². The molecule has 0 aromatic heterocycles. The van der Waals surface area contributed by atoms with Gasteiger partial charge in [0, 0.05) is 26.2 Å². The van der Waals surface area contributed by atoms with Crippen molar-refractivity contribution in [2.45, 2.75) is 20.3 Å². The zero-order valence-corrected chi connectivity index (χ0v) is 12.5. The Morgan fingerprint density at radius 2 is 1.71 bits per heavy atom. The quantitative estimate of drug-likeness (QED) is 0.756. The van der Waals surface area contributed by atoms with Crippen molar-refractivity contribution in [2.24, 2.45) is 0 Å². The van der Waals surface area contributed by atoms with Gasteiger partial charge in [0.25, 0.3) is 5.91 Å². The van der Waals surface area contributed by atoms with Gasteiger partial charge in [-0.15, -0.1) is 0 Å². The van der Waals surface area contributed by atoms with Gasteiger partial charge in [0.05, 0.1) is 5.56 Å². The maximum absolute atomic E-state index is 13.4. The summed E-state index contributed by atoms with van der Waals surface area (Å²) in [6.45, 7) is 5.99. The summed E-state index contributed by atoms with van der Waals surface area (Å²) >= 11 is 0. The lowest BCUT2D eigenvalue weighted by molar-refractivity contribution is 0.0949. The van der Waals surface area contributed by atoms with Crippen LogP contribution >= 0.6 is 0 Å². The number of nitrogens with zero attached hydrogens (tertiary/aromatic N) is 1. The van der Waals surface area contributed by atoms with E-state index >= 15 is 0 Å². The molecule has 0 fully saturated rings. The summed E-state index contributed by atoms with van der Waals surface area (Å²) in [7, 11) is 0. The highest BCUT2D eigenvalue weighted by Gasteiger charge is 2.10. The van der Waals surface area contributed by atoms with E-state index < -0.39 is 11.7 Å². The SMILES string of the molecule is CCN(CC)C(=O)NCCCNC(=O)c1ccccc1F. The van der Waals surface area contributed by atoms with E-state index in [-0.39, 0.29) is 11.6 Å². The summed E-state index contributed by atoms with van der Waals surface area (Å²) in [4.78, 5) is 25.0. The number of carbonyl (C=O) groups excluding carboxylic acids is 2. The Hall–Kier alpha value is -2.11. The van der Waals surface area contributed by atoms with Gasteiger partial charge >= 0.3 is 6.03 Å². The molecular weight excluding hydrogens is 273 g/mol. The van der Waals surface area contributed by atoms with Crippen LogP contribution in [0.4, 0.5) is 9.18 Å². The van der Waals surface area contributed by atoms with E-state index in [2.05, 4.69) is 10.6 Å². The molecule has 0 aliphatic heterocycles. The van der Waals surface area contributed by atoms with E-state index in [1.54, 1.807) is 11.0 Å². The Bertz CT molecular complexity index is 476. The molecule has 1 aromatic rings. The zero-order chi connectivity index (χ0) is 15.7.